The third kappa shape index (κ3) is 3.70. The number of benzene rings is 1. The van der Waals surface area contributed by atoms with Crippen molar-refractivity contribution >= 4 is 27.7 Å². The van der Waals surface area contributed by atoms with Crippen LogP contribution in [0.2, 0.25) is 0 Å². The predicted octanol–water partition coefficient (Wildman–Crippen LogP) is 1.17. The van der Waals surface area contributed by atoms with E-state index in [1.54, 1.807) is 19.1 Å². The molecule has 1 aliphatic heterocycles. The van der Waals surface area contributed by atoms with E-state index < -0.39 is 6.10 Å². The highest BCUT2D eigenvalue weighted by Gasteiger charge is 2.26. The summed E-state index contributed by atoms with van der Waals surface area (Å²) in [6.45, 7) is 2.82. The average Bonchev–Trinajstić information content (AvgIpc) is 2.40. The molecule has 1 atom stereocenters. The molecule has 0 aromatic heterocycles. The van der Waals surface area contributed by atoms with Crippen molar-refractivity contribution in [2.45, 2.75) is 13.0 Å². The predicted molar refractivity (Wildman–Crippen MR) is 73.8 cm³/mol. The molecular weight excluding hydrogens is 312 g/mol. The second-order valence-electron chi connectivity index (χ2n) is 4.32. The highest BCUT2D eigenvalue weighted by Crippen LogP contribution is 2.17. The first-order valence-corrected chi connectivity index (χ1v) is 6.83. The van der Waals surface area contributed by atoms with Crippen molar-refractivity contribution in [1.82, 2.24) is 10.2 Å². The third-order valence-electron chi connectivity index (χ3n) is 2.82. The van der Waals surface area contributed by atoms with E-state index in [0.29, 0.717) is 18.8 Å². The van der Waals surface area contributed by atoms with E-state index in [9.17, 15) is 9.59 Å². The van der Waals surface area contributed by atoms with Gasteiger partial charge in [-0.2, -0.15) is 0 Å². The Bertz CT molecular complexity index is 475. The maximum absolute atomic E-state index is 12.1. The molecule has 1 aromatic rings. The van der Waals surface area contributed by atoms with Crippen LogP contribution >= 0.6 is 15.9 Å². The lowest BCUT2D eigenvalue weighted by molar-refractivity contribution is -0.143. The zero-order valence-corrected chi connectivity index (χ0v) is 12.1. The first kappa shape index (κ1) is 13.9. The van der Waals surface area contributed by atoms with Crippen LogP contribution in [-0.2, 0) is 9.59 Å². The van der Waals surface area contributed by atoms with Gasteiger partial charge in [0.25, 0.3) is 5.91 Å². The van der Waals surface area contributed by atoms with Crippen LogP contribution in [0.4, 0.5) is 0 Å². The summed E-state index contributed by atoms with van der Waals surface area (Å²) in [6.07, 6.45) is -0.605. The average molecular weight is 327 g/mol. The van der Waals surface area contributed by atoms with E-state index in [-0.39, 0.29) is 18.4 Å². The summed E-state index contributed by atoms with van der Waals surface area (Å²) in [7, 11) is 0. The smallest absolute Gasteiger partial charge is 0.263 e. The molecule has 2 rings (SSSR count). The Morgan fingerprint density at radius 2 is 2.11 bits per heavy atom. The van der Waals surface area contributed by atoms with Crippen LogP contribution in [0.1, 0.15) is 6.92 Å². The summed E-state index contributed by atoms with van der Waals surface area (Å²) in [6, 6.07) is 7.27. The molecule has 0 aliphatic carbocycles. The minimum absolute atomic E-state index is 0.104. The molecule has 1 N–H and O–H groups in total. The molecule has 1 aliphatic rings. The number of nitrogens with zero attached hydrogens (tertiary/aromatic N) is 1. The molecular formula is C13H15BrN2O3. The number of carbonyl (C=O) groups excluding carboxylic acids is 2. The number of hydrogen-bond donors (Lipinski definition) is 1. The van der Waals surface area contributed by atoms with E-state index in [1.165, 1.54) is 4.90 Å². The Morgan fingerprint density at radius 1 is 1.42 bits per heavy atom. The molecule has 1 aromatic carbocycles. The largest absolute Gasteiger partial charge is 0.481 e. The van der Waals surface area contributed by atoms with Crippen LogP contribution in [0.25, 0.3) is 0 Å². The molecule has 5 nitrogen and oxygen atoms in total. The fourth-order valence-electron chi connectivity index (χ4n) is 1.85. The summed E-state index contributed by atoms with van der Waals surface area (Å²) in [5.74, 6) is 0.332. The van der Waals surface area contributed by atoms with Crippen LogP contribution < -0.4 is 10.1 Å². The molecule has 6 heteroatoms. The molecule has 1 saturated heterocycles. The van der Waals surface area contributed by atoms with Crippen LogP contribution in [0.15, 0.2) is 28.7 Å². The Labute approximate surface area is 120 Å². The molecule has 0 spiro atoms. The number of nitrogens with one attached hydrogen (secondary N) is 1. The fraction of sp³-hybridized carbons (Fsp3) is 0.385. The van der Waals surface area contributed by atoms with E-state index in [1.807, 2.05) is 12.1 Å². The van der Waals surface area contributed by atoms with Crippen LogP contribution in [0.3, 0.4) is 0 Å². The van der Waals surface area contributed by atoms with Gasteiger partial charge in [0, 0.05) is 17.6 Å². The third-order valence-corrected chi connectivity index (χ3v) is 3.35. The normalized spacial score (nSPS) is 16.7. The van der Waals surface area contributed by atoms with E-state index in [2.05, 4.69) is 21.2 Å². The quantitative estimate of drug-likeness (QED) is 0.907. The molecule has 0 radical (unpaired) electrons. The van der Waals surface area contributed by atoms with Gasteiger partial charge >= 0.3 is 0 Å². The highest BCUT2D eigenvalue weighted by atomic mass is 79.9. The molecule has 0 saturated carbocycles. The van der Waals surface area contributed by atoms with Crippen molar-refractivity contribution in [3.8, 4) is 5.75 Å². The Hall–Kier alpha value is -1.56. The topological polar surface area (TPSA) is 58.6 Å². The van der Waals surface area contributed by atoms with Gasteiger partial charge in [0.05, 0.1) is 6.54 Å². The SMILES string of the molecule is C[C@@H](Oc1ccc(Br)cc1)C(=O)N1CCNC(=O)C1. The Kier molecular flexibility index (Phi) is 4.42. The van der Waals surface area contributed by atoms with Gasteiger partial charge in [-0.3, -0.25) is 9.59 Å². The van der Waals surface area contributed by atoms with Crippen LogP contribution in [0, 0.1) is 0 Å². The Balaban J connectivity index is 1.95. The molecule has 1 fully saturated rings. The molecule has 0 bridgehead atoms. The number of hydrogen-bond acceptors (Lipinski definition) is 3. The number of carbonyl (C=O) groups is 2. The monoisotopic (exact) mass is 326 g/mol. The van der Waals surface area contributed by atoms with E-state index >= 15 is 0 Å². The summed E-state index contributed by atoms with van der Waals surface area (Å²) in [4.78, 5) is 24.9. The summed E-state index contributed by atoms with van der Waals surface area (Å²) in [5, 5.41) is 2.68. The molecule has 1 heterocycles. The Morgan fingerprint density at radius 3 is 2.74 bits per heavy atom. The van der Waals surface area contributed by atoms with Gasteiger partial charge in [-0.15, -0.1) is 0 Å². The van der Waals surface area contributed by atoms with Crippen molar-refractivity contribution in [2.75, 3.05) is 19.6 Å². The minimum Gasteiger partial charge on any atom is -0.481 e. The van der Waals surface area contributed by atoms with Crippen LogP contribution in [-0.4, -0.2) is 42.5 Å². The van der Waals surface area contributed by atoms with Crippen molar-refractivity contribution in [3.63, 3.8) is 0 Å². The fourth-order valence-corrected chi connectivity index (χ4v) is 2.12. The number of ether oxygens (including phenoxy) is 1. The first-order valence-electron chi connectivity index (χ1n) is 6.04. The number of piperazine rings is 1. The second-order valence-corrected chi connectivity index (χ2v) is 5.24. The van der Waals surface area contributed by atoms with Gasteiger partial charge in [-0.05, 0) is 31.2 Å². The van der Waals surface area contributed by atoms with Gasteiger partial charge in [0.2, 0.25) is 5.91 Å². The van der Waals surface area contributed by atoms with Crippen LogP contribution in [0.5, 0.6) is 5.75 Å². The van der Waals surface area contributed by atoms with Gasteiger partial charge in [-0.25, -0.2) is 0 Å². The van der Waals surface area contributed by atoms with Crippen molar-refractivity contribution in [2.24, 2.45) is 0 Å². The van der Waals surface area contributed by atoms with Gasteiger partial charge in [0.1, 0.15) is 5.75 Å². The number of amides is 2. The molecule has 2 amide bonds. The zero-order chi connectivity index (χ0) is 13.8. The standard InChI is InChI=1S/C13H15BrN2O3/c1-9(19-11-4-2-10(14)3-5-11)13(18)16-7-6-15-12(17)8-16/h2-5,9H,6-8H2,1H3,(H,15,17)/t9-/m1/s1. The molecule has 0 unspecified atom stereocenters. The molecule has 102 valence electrons. The highest BCUT2D eigenvalue weighted by molar-refractivity contribution is 9.10. The minimum atomic E-state index is -0.605. The second kappa shape index (κ2) is 6.06. The lowest BCUT2D eigenvalue weighted by Crippen LogP contribution is -2.53. The molecule has 19 heavy (non-hydrogen) atoms. The number of rotatable bonds is 3. The maximum atomic E-state index is 12.1. The van der Waals surface area contributed by atoms with Gasteiger partial charge in [0.15, 0.2) is 6.10 Å². The summed E-state index contributed by atoms with van der Waals surface area (Å²) < 4.78 is 6.53. The van der Waals surface area contributed by atoms with Crippen molar-refractivity contribution in [3.05, 3.63) is 28.7 Å². The van der Waals surface area contributed by atoms with Crippen molar-refractivity contribution < 1.29 is 14.3 Å². The first-order chi connectivity index (χ1) is 9.06. The lowest BCUT2D eigenvalue weighted by Gasteiger charge is -2.29. The van der Waals surface area contributed by atoms with Gasteiger partial charge in [-0.1, -0.05) is 15.9 Å². The summed E-state index contributed by atoms with van der Waals surface area (Å²) in [5.41, 5.74) is 0. The lowest BCUT2D eigenvalue weighted by atomic mass is 10.2. The van der Waals surface area contributed by atoms with Gasteiger partial charge < -0.3 is 15.0 Å². The van der Waals surface area contributed by atoms with E-state index in [0.717, 1.165) is 4.47 Å². The zero-order valence-electron chi connectivity index (χ0n) is 10.6. The van der Waals surface area contributed by atoms with E-state index in [4.69, 9.17) is 4.74 Å². The summed E-state index contributed by atoms with van der Waals surface area (Å²) >= 11 is 3.33. The number of halogens is 1. The maximum Gasteiger partial charge on any atom is 0.263 e. The van der Waals surface area contributed by atoms with Crippen molar-refractivity contribution in [1.29, 1.82) is 0 Å².